The van der Waals surface area contributed by atoms with E-state index in [9.17, 15) is 0 Å². The first-order valence-corrected chi connectivity index (χ1v) is 7.50. The largest absolute Gasteiger partial charge is 0.378 e. The predicted molar refractivity (Wildman–Crippen MR) is 72.1 cm³/mol. The van der Waals surface area contributed by atoms with Gasteiger partial charge in [0.2, 0.25) is 0 Å². The highest BCUT2D eigenvalue weighted by atomic mass is 16.5. The molecular weight excluding hydrogens is 210 g/mol. The Bertz CT molecular complexity index is 235. The number of ether oxygens (including phenoxy) is 1. The van der Waals surface area contributed by atoms with E-state index in [1.807, 2.05) is 0 Å². The van der Waals surface area contributed by atoms with Crippen molar-refractivity contribution in [3.8, 4) is 0 Å². The summed E-state index contributed by atoms with van der Waals surface area (Å²) in [5.74, 6) is 1.55. The average Bonchev–Trinajstić information content (AvgIpc) is 2.33. The maximum Gasteiger partial charge on any atom is 0.0603 e. The molecule has 0 amide bonds. The second-order valence-corrected chi connectivity index (χ2v) is 6.41. The lowest BCUT2D eigenvalue weighted by atomic mass is 9.62. The summed E-state index contributed by atoms with van der Waals surface area (Å²) in [6.07, 6.45) is 7.17. The molecule has 3 unspecified atom stereocenters. The van der Waals surface area contributed by atoms with E-state index in [1.54, 1.807) is 0 Å². The van der Waals surface area contributed by atoms with E-state index in [-0.39, 0.29) is 0 Å². The summed E-state index contributed by atoms with van der Waals surface area (Å²) in [7, 11) is 0. The second-order valence-electron chi connectivity index (χ2n) is 6.41. The molecule has 2 rings (SSSR count). The van der Waals surface area contributed by atoms with Gasteiger partial charge in [-0.15, -0.1) is 0 Å². The molecule has 17 heavy (non-hydrogen) atoms. The Balaban J connectivity index is 2.07. The lowest BCUT2D eigenvalue weighted by Gasteiger charge is -2.50. The maximum atomic E-state index is 5.97. The van der Waals surface area contributed by atoms with E-state index in [1.165, 1.54) is 45.2 Å². The maximum absolute atomic E-state index is 5.97. The van der Waals surface area contributed by atoms with Crippen molar-refractivity contribution in [2.45, 2.75) is 59.0 Å². The summed E-state index contributed by atoms with van der Waals surface area (Å²) in [4.78, 5) is 0. The third kappa shape index (κ3) is 2.85. The normalized spacial score (nSPS) is 38.8. The van der Waals surface area contributed by atoms with Gasteiger partial charge in [-0.25, -0.2) is 0 Å². The summed E-state index contributed by atoms with van der Waals surface area (Å²) >= 11 is 0. The molecule has 0 bridgehead atoms. The Hall–Kier alpha value is -0.0800. The third-order valence-corrected chi connectivity index (χ3v) is 4.98. The summed E-state index contributed by atoms with van der Waals surface area (Å²) in [5.41, 5.74) is 0.592. The van der Waals surface area contributed by atoms with Crippen LogP contribution in [0, 0.1) is 17.3 Å². The molecule has 0 aliphatic carbocycles. The number of hydrogen-bond donors (Lipinski definition) is 1. The summed E-state index contributed by atoms with van der Waals surface area (Å²) in [6.45, 7) is 10.4. The molecule has 2 saturated heterocycles. The van der Waals surface area contributed by atoms with Crippen molar-refractivity contribution in [1.29, 1.82) is 0 Å². The van der Waals surface area contributed by atoms with Gasteiger partial charge in [0.15, 0.2) is 0 Å². The van der Waals surface area contributed by atoms with E-state index in [2.05, 4.69) is 26.1 Å². The van der Waals surface area contributed by atoms with Crippen LogP contribution in [-0.2, 0) is 4.74 Å². The van der Waals surface area contributed by atoms with Gasteiger partial charge in [0.25, 0.3) is 0 Å². The Kier molecular flexibility index (Phi) is 4.48. The zero-order valence-electron chi connectivity index (χ0n) is 11.8. The second kappa shape index (κ2) is 5.71. The first kappa shape index (κ1) is 13.4. The van der Waals surface area contributed by atoms with Crippen LogP contribution in [0.25, 0.3) is 0 Å². The van der Waals surface area contributed by atoms with Gasteiger partial charge in [0.05, 0.1) is 6.10 Å². The molecular formula is C15H29NO. The van der Waals surface area contributed by atoms with E-state index >= 15 is 0 Å². The Labute approximate surface area is 107 Å². The van der Waals surface area contributed by atoms with Gasteiger partial charge < -0.3 is 10.1 Å². The quantitative estimate of drug-likeness (QED) is 0.816. The molecule has 1 N–H and O–H groups in total. The molecule has 2 heteroatoms. The van der Waals surface area contributed by atoms with Gasteiger partial charge in [-0.2, -0.15) is 0 Å². The van der Waals surface area contributed by atoms with Gasteiger partial charge in [-0.1, -0.05) is 27.2 Å². The average molecular weight is 239 g/mol. The standard InChI is InChI=1S/C15H29NO/c1-4-5-13-11-16-8-6-15(13)7-9-17-14(10-15)12(2)3/h12-14,16H,4-11H2,1-3H3. The van der Waals surface area contributed by atoms with Gasteiger partial charge in [-0.05, 0) is 56.0 Å². The van der Waals surface area contributed by atoms with Gasteiger partial charge in [0, 0.05) is 6.61 Å². The minimum atomic E-state index is 0.501. The highest BCUT2D eigenvalue weighted by Gasteiger charge is 2.44. The van der Waals surface area contributed by atoms with Crippen LogP contribution in [-0.4, -0.2) is 25.8 Å². The molecule has 3 atom stereocenters. The fourth-order valence-corrected chi connectivity index (χ4v) is 3.79. The van der Waals surface area contributed by atoms with Crippen LogP contribution in [0.3, 0.4) is 0 Å². The molecule has 2 nitrogen and oxygen atoms in total. The van der Waals surface area contributed by atoms with Crippen LogP contribution in [0.15, 0.2) is 0 Å². The molecule has 0 aromatic rings. The van der Waals surface area contributed by atoms with Gasteiger partial charge >= 0.3 is 0 Å². The molecule has 100 valence electrons. The zero-order chi connectivity index (χ0) is 12.3. The van der Waals surface area contributed by atoms with Crippen molar-refractivity contribution in [3.63, 3.8) is 0 Å². The summed E-state index contributed by atoms with van der Waals surface area (Å²) in [5, 5.41) is 3.59. The van der Waals surface area contributed by atoms with Crippen molar-refractivity contribution in [3.05, 3.63) is 0 Å². The van der Waals surface area contributed by atoms with Crippen LogP contribution < -0.4 is 5.32 Å². The first-order chi connectivity index (χ1) is 8.18. The molecule has 0 saturated carbocycles. The van der Waals surface area contributed by atoms with Gasteiger partial charge in [0.1, 0.15) is 0 Å². The topological polar surface area (TPSA) is 21.3 Å². The van der Waals surface area contributed by atoms with Crippen molar-refractivity contribution < 1.29 is 4.74 Å². The molecule has 0 radical (unpaired) electrons. The van der Waals surface area contributed by atoms with Crippen molar-refractivity contribution in [1.82, 2.24) is 5.32 Å². The van der Waals surface area contributed by atoms with Crippen LogP contribution >= 0.6 is 0 Å². The monoisotopic (exact) mass is 239 g/mol. The highest BCUT2D eigenvalue weighted by Crippen LogP contribution is 2.47. The van der Waals surface area contributed by atoms with Crippen LogP contribution in [0.1, 0.15) is 52.9 Å². The Morgan fingerprint density at radius 3 is 2.88 bits per heavy atom. The number of nitrogens with one attached hydrogen (secondary N) is 1. The van der Waals surface area contributed by atoms with E-state index < -0.39 is 0 Å². The van der Waals surface area contributed by atoms with Crippen molar-refractivity contribution in [2.75, 3.05) is 19.7 Å². The minimum absolute atomic E-state index is 0.501. The fourth-order valence-electron chi connectivity index (χ4n) is 3.79. The van der Waals surface area contributed by atoms with Crippen LogP contribution in [0.2, 0.25) is 0 Å². The first-order valence-electron chi connectivity index (χ1n) is 7.50. The van der Waals surface area contributed by atoms with Crippen LogP contribution in [0.4, 0.5) is 0 Å². The molecule has 2 fully saturated rings. The molecule has 0 aromatic carbocycles. The number of rotatable bonds is 3. The van der Waals surface area contributed by atoms with Crippen molar-refractivity contribution >= 4 is 0 Å². The molecule has 2 heterocycles. The van der Waals surface area contributed by atoms with Crippen LogP contribution in [0.5, 0.6) is 0 Å². The molecule has 0 aromatic heterocycles. The highest BCUT2D eigenvalue weighted by molar-refractivity contribution is 4.95. The predicted octanol–water partition coefficient (Wildman–Crippen LogP) is 3.22. The number of hydrogen-bond acceptors (Lipinski definition) is 2. The molecule has 1 spiro atoms. The van der Waals surface area contributed by atoms with E-state index in [0.29, 0.717) is 17.4 Å². The third-order valence-electron chi connectivity index (χ3n) is 4.98. The minimum Gasteiger partial charge on any atom is -0.378 e. The molecule has 2 aliphatic heterocycles. The van der Waals surface area contributed by atoms with Crippen molar-refractivity contribution in [2.24, 2.45) is 17.3 Å². The SMILES string of the molecule is CCCC1CNCCC12CCOC(C(C)C)C2. The molecule has 2 aliphatic rings. The zero-order valence-corrected chi connectivity index (χ0v) is 11.8. The number of piperidine rings is 1. The summed E-state index contributed by atoms with van der Waals surface area (Å²) in [6, 6.07) is 0. The van der Waals surface area contributed by atoms with E-state index in [4.69, 9.17) is 4.74 Å². The van der Waals surface area contributed by atoms with E-state index in [0.717, 1.165) is 12.5 Å². The lowest BCUT2D eigenvalue weighted by Crippen LogP contribution is -2.50. The summed E-state index contributed by atoms with van der Waals surface area (Å²) < 4.78 is 5.97. The Morgan fingerprint density at radius 2 is 2.18 bits per heavy atom. The van der Waals surface area contributed by atoms with Gasteiger partial charge in [-0.3, -0.25) is 0 Å². The fraction of sp³-hybridized carbons (Fsp3) is 1.00. The Morgan fingerprint density at radius 1 is 1.35 bits per heavy atom. The lowest BCUT2D eigenvalue weighted by molar-refractivity contribution is -0.100. The smallest absolute Gasteiger partial charge is 0.0603 e.